The van der Waals surface area contributed by atoms with Crippen molar-refractivity contribution in [2.45, 2.75) is 20.8 Å². The van der Waals surface area contributed by atoms with E-state index in [1.54, 1.807) is 18.3 Å². The van der Waals surface area contributed by atoms with Gasteiger partial charge in [0.2, 0.25) is 0 Å². The van der Waals surface area contributed by atoms with Crippen LogP contribution in [-0.4, -0.2) is 16.7 Å². The molecular formula is C21H20IN3O. The fourth-order valence-electron chi connectivity index (χ4n) is 2.84. The van der Waals surface area contributed by atoms with Gasteiger partial charge in [-0.2, -0.15) is 5.10 Å². The van der Waals surface area contributed by atoms with Crippen LogP contribution in [0.25, 0.3) is 5.69 Å². The molecule has 0 saturated heterocycles. The number of carbonyl (C=O) groups excluding carboxylic acids is 1. The van der Waals surface area contributed by atoms with Gasteiger partial charge >= 0.3 is 0 Å². The third-order valence-electron chi connectivity index (χ3n) is 4.24. The number of hydrogen-bond donors (Lipinski definition) is 1. The van der Waals surface area contributed by atoms with E-state index in [0.29, 0.717) is 5.56 Å². The van der Waals surface area contributed by atoms with Crippen molar-refractivity contribution >= 4 is 34.7 Å². The lowest BCUT2D eigenvalue weighted by atomic mass is 10.2. The van der Waals surface area contributed by atoms with Crippen molar-refractivity contribution in [1.82, 2.24) is 9.99 Å². The monoisotopic (exact) mass is 457 g/mol. The van der Waals surface area contributed by atoms with Crippen LogP contribution < -0.4 is 5.43 Å². The number of halogens is 1. The molecule has 0 aliphatic carbocycles. The number of carbonyl (C=O) groups is 1. The van der Waals surface area contributed by atoms with Crippen molar-refractivity contribution in [3.05, 3.63) is 86.2 Å². The van der Waals surface area contributed by atoms with E-state index in [0.717, 1.165) is 26.2 Å². The summed E-state index contributed by atoms with van der Waals surface area (Å²) in [7, 11) is 0. The molecule has 5 heteroatoms. The third kappa shape index (κ3) is 4.04. The maximum Gasteiger partial charge on any atom is 0.271 e. The summed E-state index contributed by atoms with van der Waals surface area (Å²) < 4.78 is 3.27. The van der Waals surface area contributed by atoms with Gasteiger partial charge < -0.3 is 4.57 Å². The number of hydrazone groups is 1. The number of aromatic nitrogens is 1. The summed E-state index contributed by atoms with van der Waals surface area (Å²) in [4.78, 5) is 12.1. The van der Waals surface area contributed by atoms with E-state index in [2.05, 4.69) is 88.8 Å². The largest absolute Gasteiger partial charge is 0.318 e. The summed E-state index contributed by atoms with van der Waals surface area (Å²) in [6, 6.07) is 17.8. The maximum atomic E-state index is 12.1. The van der Waals surface area contributed by atoms with E-state index in [4.69, 9.17) is 0 Å². The van der Waals surface area contributed by atoms with Gasteiger partial charge in [0.25, 0.3) is 5.91 Å². The zero-order valence-electron chi connectivity index (χ0n) is 15.0. The standard InChI is InChI=1S/C21H20IN3O/c1-14-4-10-20(11-5-14)25-15(2)12-18(16(25)3)13-23-24-21(26)17-6-8-19(22)9-7-17/h4-13H,1-3H3,(H,24,26)/b23-13-. The van der Waals surface area contributed by atoms with Crippen LogP contribution in [0.2, 0.25) is 0 Å². The Bertz CT molecular complexity index is 954. The van der Waals surface area contributed by atoms with Crippen LogP contribution in [-0.2, 0) is 0 Å². The van der Waals surface area contributed by atoms with E-state index in [1.165, 1.54) is 5.56 Å². The number of hydrogen-bond acceptors (Lipinski definition) is 2. The molecule has 1 aromatic heterocycles. The molecule has 0 atom stereocenters. The van der Waals surface area contributed by atoms with E-state index >= 15 is 0 Å². The molecule has 2 aromatic carbocycles. The number of aryl methyl sites for hydroxylation is 2. The summed E-state index contributed by atoms with van der Waals surface area (Å²) in [5.74, 6) is -0.218. The minimum Gasteiger partial charge on any atom is -0.318 e. The molecule has 0 spiro atoms. The number of amides is 1. The average Bonchev–Trinajstić information content (AvgIpc) is 2.90. The van der Waals surface area contributed by atoms with Crippen molar-refractivity contribution in [2.24, 2.45) is 5.10 Å². The highest BCUT2D eigenvalue weighted by Crippen LogP contribution is 2.20. The highest BCUT2D eigenvalue weighted by Gasteiger charge is 2.09. The SMILES string of the molecule is Cc1ccc(-n2c(C)cc(/C=N\NC(=O)c3ccc(I)cc3)c2C)cc1. The first-order valence-electron chi connectivity index (χ1n) is 8.30. The molecule has 1 N–H and O–H groups in total. The Morgan fingerprint density at radius 2 is 1.69 bits per heavy atom. The molecule has 26 heavy (non-hydrogen) atoms. The second-order valence-corrected chi connectivity index (χ2v) is 7.45. The first-order chi connectivity index (χ1) is 12.5. The van der Waals surface area contributed by atoms with Crippen LogP contribution in [0.4, 0.5) is 0 Å². The maximum absolute atomic E-state index is 12.1. The van der Waals surface area contributed by atoms with E-state index in [9.17, 15) is 4.79 Å². The molecule has 4 nitrogen and oxygen atoms in total. The lowest BCUT2D eigenvalue weighted by molar-refractivity contribution is 0.0955. The second-order valence-electron chi connectivity index (χ2n) is 6.20. The Kier molecular flexibility index (Phi) is 5.56. The summed E-state index contributed by atoms with van der Waals surface area (Å²) in [5.41, 5.74) is 8.71. The molecule has 0 saturated carbocycles. The van der Waals surface area contributed by atoms with Crippen molar-refractivity contribution < 1.29 is 4.79 Å². The van der Waals surface area contributed by atoms with Gasteiger partial charge in [-0.05, 0) is 85.8 Å². The molecule has 3 aromatic rings. The summed E-state index contributed by atoms with van der Waals surface area (Å²) >= 11 is 2.21. The quantitative estimate of drug-likeness (QED) is 0.343. The summed E-state index contributed by atoms with van der Waals surface area (Å²) in [6.45, 7) is 6.19. The number of rotatable bonds is 4. The lowest BCUT2D eigenvalue weighted by Crippen LogP contribution is -2.17. The Morgan fingerprint density at radius 3 is 2.35 bits per heavy atom. The van der Waals surface area contributed by atoms with Crippen LogP contribution >= 0.6 is 22.6 Å². The minimum atomic E-state index is -0.218. The average molecular weight is 457 g/mol. The molecule has 132 valence electrons. The molecule has 0 bridgehead atoms. The van der Waals surface area contributed by atoms with Crippen molar-refractivity contribution in [3.63, 3.8) is 0 Å². The van der Waals surface area contributed by atoms with Crippen LogP contribution in [0, 0.1) is 24.3 Å². The number of nitrogens with zero attached hydrogens (tertiary/aromatic N) is 2. The van der Waals surface area contributed by atoms with E-state index in [-0.39, 0.29) is 5.91 Å². The van der Waals surface area contributed by atoms with Gasteiger partial charge in [-0.15, -0.1) is 0 Å². The van der Waals surface area contributed by atoms with Gasteiger partial charge in [0.1, 0.15) is 0 Å². The van der Waals surface area contributed by atoms with Gasteiger partial charge in [0.05, 0.1) is 6.21 Å². The Balaban J connectivity index is 1.77. The topological polar surface area (TPSA) is 46.4 Å². The minimum absolute atomic E-state index is 0.218. The summed E-state index contributed by atoms with van der Waals surface area (Å²) in [5, 5.41) is 4.12. The molecule has 0 aliphatic heterocycles. The van der Waals surface area contributed by atoms with Gasteiger partial charge in [-0.25, -0.2) is 5.43 Å². The molecule has 0 aliphatic rings. The molecule has 0 unspecified atom stereocenters. The number of benzene rings is 2. The molecule has 1 amide bonds. The molecule has 1 heterocycles. The van der Waals surface area contributed by atoms with Gasteiger partial charge in [-0.3, -0.25) is 4.79 Å². The first kappa shape index (κ1) is 18.4. The normalized spacial score (nSPS) is 11.1. The van der Waals surface area contributed by atoms with E-state index < -0.39 is 0 Å². The van der Waals surface area contributed by atoms with Crippen LogP contribution in [0.1, 0.15) is 32.9 Å². The van der Waals surface area contributed by atoms with Crippen molar-refractivity contribution in [1.29, 1.82) is 0 Å². The third-order valence-corrected chi connectivity index (χ3v) is 4.96. The predicted molar refractivity (Wildman–Crippen MR) is 114 cm³/mol. The van der Waals surface area contributed by atoms with Crippen LogP contribution in [0.15, 0.2) is 59.7 Å². The molecule has 0 fully saturated rings. The van der Waals surface area contributed by atoms with Gasteiger partial charge in [0, 0.05) is 31.8 Å². The van der Waals surface area contributed by atoms with Crippen molar-refractivity contribution in [2.75, 3.05) is 0 Å². The second kappa shape index (κ2) is 7.86. The Morgan fingerprint density at radius 1 is 1.04 bits per heavy atom. The molecular weight excluding hydrogens is 437 g/mol. The smallest absolute Gasteiger partial charge is 0.271 e. The first-order valence-corrected chi connectivity index (χ1v) is 9.38. The highest BCUT2D eigenvalue weighted by atomic mass is 127. The Hall–Kier alpha value is -2.41. The summed E-state index contributed by atoms with van der Waals surface area (Å²) in [6.07, 6.45) is 1.69. The highest BCUT2D eigenvalue weighted by molar-refractivity contribution is 14.1. The predicted octanol–water partition coefficient (Wildman–Crippen LogP) is 4.77. The van der Waals surface area contributed by atoms with Crippen molar-refractivity contribution in [3.8, 4) is 5.69 Å². The van der Waals surface area contributed by atoms with Gasteiger partial charge in [-0.1, -0.05) is 17.7 Å². The van der Waals surface area contributed by atoms with Crippen LogP contribution in [0.3, 0.4) is 0 Å². The molecule has 0 radical (unpaired) electrons. The number of nitrogens with one attached hydrogen (secondary N) is 1. The van der Waals surface area contributed by atoms with Gasteiger partial charge in [0.15, 0.2) is 0 Å². The fourth-order valence-corrected chi connectivity index (χ4v) is 3.20. The zero-order chi connectivity index (χ0) is 18.7. The zero-order valence-corrected chi connectivity index (χ0v) is 17.1. The fraction of sp³-hybridized carbons (Fsp3) is 0.143. The van der Waals surface area contributed by atoms with Crippen LogP contribution in [0.5, 0.6) is 0 Å². The molecule has 3 rings (SSSR count). The lowest BCUT2D eigenvalue weighted by Gasteiger charge is -2.09. The Labute approximate surface area is 167 Å². The van der Waals surface area contributed by atoms with E-state index in [1.807, 2.05) is 12.1 Å².